The number of anilines is 1. The molecule has 20 heavy (non-hydrogen) atoms. The fourth-order valence-electron chi connectivity index (χ4n) is 3.05. The molecule has 0 radical (unpaired) electrons. The molecule has 2 heterocycles. The van der Waals surface area contributed by atoms with E-state index in [1.807, 2.05) is 38.7 Å². The fourth-order valence-corrected chi connectivity index (χ4v) is 3.05. The van der Waals surface area contributed by atoms with Crippen LogP contribution in [-0.2, 0) is 11.2 Å². The van der Waals surface area contributed by atoms with Crippen molar-refractivity contribution in [1.29, 1.82) is 0 Å². The van der Waals surface area contributed by atoms with Crippen LogP contribution >= 0.6 is 0 Å². The number of aryl methyl sites for hydroxylation is 2. The van der Waals surface area contributed by atoms with Crippen LogP contribution in [0.5, 0.6) is 0 Å². The maximum Gasteiger partial charge on any atom is 0.326 e. The molecule has 1 fully saturated rings. The summed E-state index contributed by atoms with van der Waals surface area (Å²) in [5, 5.41) is 9.62. The molecular formula is C15H23N3O2. The number of carbonyl (C=O) groups is 1. The van der Waals surface area contributed by atoms with E-state index in [2.05, 4.69) is 9.97 Å². The van der Waals surface area contributed by atoms with Gasteiger partial charge in [-0.15, -0.1) is 0 Å². The lowest BCUT2D eigenvalue weighted by Crippen LogP contribution is -2.54. The highest BCUT2D eigenvalue weighted by Gasteiger charge is 2.43. The molecule has 110 valence electrons. The summed E-state index contributed by atoms with van der Waals surface area (Å²) in [7, 11) is 0. The van der Waals surface area contributed by atoms with E-state index >= 15 is 0 Å². The highest BCUT2D eigenvalue weighted by Crippen LogP contribution is 2.37. The Morgan fingerprint density at radius 1 is 1.50 bits per heavy atom. The highest BCUT2D eigenvalue weighted by atomic mass is 16.4. The monoisotopic (exact) mass is 277 g/mol. The molecule has 5 heteroatoms. The van der Waals surface area contributed by atoms with Crippen LogP contribution in [0.1, 0.15) is 45.1 Å². The summed E-state index contributed by atoms with van der Waals surface area (Å²) in [5.74, 6) is 0.672. The molecule has 1 unspecified atom stereocenters. The van der Waals surface area contributed by atoms with E-state index in [1.54, 1.807) is 0 Å². The Labute approximate surface area is 120 Å². The summed E-state index contributed by atoms with van der Waals surface area (Å²) in [6.45, 7) is 8.67. The SMILES string of the molecule is CCc1cc(N2CCCC(C)(C)C2C(=O)O)nc(C)n1. The summed E-state index contributed by atoms with van der Waals surface area (Å²) in [6.07, 6.45) is 2.73. The van der Waals surface area contributed by atoms with Crippen molar-refractivity contribution in [3.05, 3.63) is 17.6 Å². The third-order valence-electron chi connectivity index (χ3n) is 4.04. The summed E-state index contributed by atoms with van der Waals surface area (Å²) < 4.78 is 0. The molecule has 0 bridgehead atoms. The minimum atomic E-state index is -0.774. The maximum absolute atomic E-state index is 11.7. The van der Waals surface area contributed by atoms with Gasteiger partial charge in [0.05, 0.1) is 0 Å². The second-order valence-corrected chi connectivity index (χ2v) is 6.14. The van der Waals surface area contributed by atoms with Gasteiger partial charge in [0.2, 0.25) is 0 Å². The molecule has 1 aromatic rings. The van der Waals surface area contributed by atoms with Gasteiger partial charge < -0.3 is 10.0 Å². The van der Waals surface area contributed by atoms with Crippen LogP contribution in [0.3, 0.4) is 0 Å². The van der Waals surface area contributed by atoms with Crippen LogP contribution in [0.2, 0.25) is 0 Å². The van der Waals surface area contributed by atoms with Crippen LogP contribution in [0.15, 0.2) is 6.07 Å². The average Bonchev–Trinajstić information content (AvgIpc) is 2.35. The lowest BCUT2D eigenvalue weighted by atomic mass is 9.76. The van der Waals surface area contributed by atoms with Crippen molar-refractivity contribution < 1.29 is 9.90 Å². The number of rotatable bonds is 3. The average molecular weight is 277 g/mol. The Morgan fingerprint density at radius 2 is 2.20 bits per heavy atom. The Balaban J connectivity index is 2.43. The predicted molar refractivity (Wildman–Crippen MR) is 77.9 cm³/mol. The predicted octanol–water partition coefficient (Wildman–Crippen LogP) is 2.43. The molecule has 0 aliphatic carbocycles. The number of aromatic nitrogens is 2. The zero-order valence-electron chi connectivity index (χ0n) is 12.7. The lowest BCUT2D eigenvalue weighted by molar-refractivity contribution is -0.142. The zero-order chi connectivity index (χ0) is 14.9. The molecule has 0 amide bonds. The van der Waals surface area contributed by atoms with Crippen LogP contribution in [0.25, 0.3) is 0 Å². The van der Waals surface area contributed by atoms with Crippen molar-refractivity contribution >= 4 is 11.8 Å². The first-order chi connectivity index (χ1) is 9.35. The van der Waals surface area contributed by atoms with Gasteiger partial charge in [0, 0.05) is 18.3 Å². The molecule has 1 aliphatic heterocycles. The van der Waals surface area contributed by atoms with Crippen molar-refractivity contribution in [3.63, 3.8) is 0 Å². The van der Waals surface area contributed by atoms with Crippen molar-refractivity contribution in [3.8, 4) is 0 Å². The van der Waals surface area contributed by atoms with E-state index in [-0.39, 0.29) is 5.41 Å². The molecule has 1 aliphatic rings. The first-order valence-corrected chi connectivity index (χ1v) is 7.19. The van der Waals surface area contributed by atoms with Crippen LogP contribution in [0.4, 0.5) is 5.82 Å². The molecule has 1 aromatic heterocycles. The Kier molecular flexibility index (Phi) is 3.97. The van der Waals surface area contributed by atoms with E-state index in [1.165, 1.54) is 0 Å². The number of aliphatic carboxylic acids is 1. The first kappa shape index (κ1) is 14.8. The van der Waals surface area contributed by atoms with E-state index in [4.69, 9.17) is 0 Å². The smallest absolute Gasteiger partial charge is 0.326 e. The van der Waals surface area contributed by atoms with Crippen LogP contribution in [-0.4, -0.2) is 33.6 Å². The largest absolute Gasteiger partial charge is 0.480 e. The number of carboxylic acid groups (broad SMARTS) is 1. The minimum Gasteiger partial charge on any atom is -0.480 e. The Hall–Kier alpha value is -1.65. The molecule has 1 N–H and O–H groups in total. The van der Waals surface area contributed by atoms with Gasteiger partial charge in [-0.2, -0.15) is 0 Å². The summed E-state index contributed by atoms with van der Waals surface area (Å²) in [4.78, 5) is 22.5. The van der Waals surface area contributed by atoms with E-state index < -0.39 is 12.0 Å². The van der Waals surface area contributed by atoms with Gasteiger partial charge in [-0.25, -0.2) is 14.8 Å². The lowest BCUT2D eigenvalue weighted by Gasteiger charge is -2.44. The first-order valence-electron chi connectivity index (χ1n) is 7.19. The van der Waals surface area contributed by atoms with Gasteiger partial charge in [0.1, 0.15) is 17.7 Å². The number of hydrogen-bond acceptors (Lipinski definition) is 4. The molecular weight excluding hydrogens is 254 g/mol. The molecule has 1 atom stereocenters. The van der Waals surface area contributed by atoms with Gasteiger partial charge in [-0.05, 0) is 31.6 Å². The zero-order valence-corrected chi connectivity index (χ0v) is 12.7. The van der Waals surface area contributed by atoms with Gasteiger partial charge in [0.25, 0.3) is 0 Å². The maximum atomic E-state index is 11.7. The standard InChI is InChI=1S/C15H23N3O2/c1-5-11-9-12(17-10(2)16-11)18-8-6-7-15(3,4)13(18)14(19)20/h9,13H,5-8H2,1-4H3,(H,19,20). The summed E-state index contributed by atoms with van der Waals surface area (Å²) >= 11 is 0. The summed E-state index contributed by atoms with van der Waals surface area (Å²) in [5.41, 5.74) is 0.704. The van der Waals surface area contributed by atoms with E-state index in [0.29, 0.717) is 5.82 Å². The van der Waals surface area contributed by atoms with E-state index in [0.717, 1.165) is 37.3 Å². The molecule has 0 saturated carbocycles. The molecule has 5 nitrogen and oxygen atoms in total. The molecule has 0 spiro atoms. The molecule has 2 rings (SSSR count). The highest BCUT2D eigenvalue weighted by molar-refractivity contribution is 5.79. The number of piperidine rings is 1. The fraction of sp³-hybridized carbons (Fsp3) is 0.667. The van der Waals surface area contributed by atoms with Gasteiger partial charge in [0.15, 0.2) is 0 Å². The van der Waals surface area contributed by atoms with Gasteiger partial charge >= 0.3 is 5.97 Å². The topological polar surface area (TPSA) is 66.3 Å². The quantitative estimate of drug-likeness (QED) is 0.919. The van der Waals surface area contributed by atoms with Crippen molar-refractivity contribution in [2.75, 3.05) is 11.4 Å². The number of carboxylic acids is 1. The van der Waals surface area contributed by atoms with Crippen molar-refractivity contribution in [1.82, 2.24) is 9.97 Å². The second-order valence-electron chi connectivity index (χ2n) is 6.14. The van der Waals surface area contributed by atoms with Crippen LogP contribution in [0, 0.1) is 12.3 Å². The third kappa shape index (κ3) is 2.76. The Morgan fingerprint density at radius 3 is 2.80 bits per heavy atom. The van der Waals surface area contributed by atoms with Crippen molar-refractivity contribution in [2.45, 2.75) is 53.0 Å². The molecule has 1 saturated heterocycles. The number of hydrogen-bond donors (Lipinski definition) is 1. The van der Waals surface area contributed by atoms with Gasteiger partial charge in [-0.1, -0.05) is 20.8 Å². The second kappa shape index (κ2) is 5.38. The molecule has 0 aromatic carbocycles. The van der Waals surface area contributed by atoms with Gasteiger partial charge in [-0.3, -0.25) is 0 Å². The van der Waals surface area contributed by atoms with Crippen molar-refractivity contribution in [2.24, 2.45) is 5.41 Å². The Bertz CT molecular complexity index is 514. The normalized spacial score (nSPS) is 21.8. The third-order valence-corrected chi connectivity index (χ3v) is 4.04. The number of nitrogens with zero attached hydrogens (tertiary/aromatic N) is 3. The minimum absolute atomic E-state index is 0.255. The van der Waals surface area contributed by atoms with E-state index in [9.17, 15) is 9.90 Å². The van der Waals surface area contributed by atoms with Crippen LogP contribution < -0.4 is 4.90 Å². The summed E-state index contributed by atoms with van der Waals surface area (Å²) in [6, 6.07) is 1.39.